The summed E-state index contributed by atoms with van der Waals surface area (Å²) in [6.07, 6.45) is -0.331. The lowest BCUT2D eigenvalue weighted by Gasteiger charge is -2.34. The number of hydrogen-bond donors (Lipinski definition) is 0. The van der Waals surface area contributed by atoms with Crippen molar-refractivity contribution in [1.82, 2.24) is 4.31 Å². The van der Waals surface area contributed by atoms with Crippen molar-refractivity contribution in [3.05, 3.63) is 26.7 Å². The molecule has 1 saturated heterocycles. The van der Waals surface area contributed by atoms with E-state index in [-0.39, 0.29) is 40.2 Å². The Kier molecular flexibility index (Phi) is 5.04. The first-order valence-electron chi connectivity index (χ1n) is 6.02. The van der Waals surface area contributed by atoms with Gasteiger partial charge in [0, 0.05) is 17.6 Å². The van der Waals surface area contributed by atoms with Gasteiger partial charge in [0.15, 0.2) is 0 Å². The van der Waals surface area contributed by atoms with Crippen LogP contribution in [-0.4, -0.2) is 38.0 Å². The molecule has 1 heterocycles. The lowest BCUT2D eigenvalue weighted by molar-refractivity contribution is -0.0440. The van der Waals surface area contributed by atoms with Crippen LogP contribution in [0.25, 0.3) is 0 Å². The molecule has 0 bridgehead atoms. The average Bonchev–Trinajstić information content (AvgIpc) is 2.25. The number of nitrogens with zero attached hydrogens (tertiary/aromatic N) is 1. The number of halogens is 3. The van der Waals surface area contributed by atoms with Crippen LogP contribution in [0.2, 0.25) is 10.0 Å². The van der Waals surface area contributed by atoms with Crippen molar-refractivity contribution in [1.29, 1.82) is 0 Å². The molecule has 0 aliphatic carbocycles. The van der Waals surface area contributed by atoms with Crippen molar-refractivity contribution in [2.45, 2.75) is 31.0 Å². The fourth-order valence-corrected chi connectivity index (χ4v) is 5.71. The molecule has 1 aromatic carbocycles. The molecular weight excluding hydrogens is 389 g/mol. The second-order valence-electron chi connectivity index (χ2n) is 4.78. The summed E-state index contributed by atoms with van der Waals surface area (Å²) in [5.41, 5.74) is 0. The Hall–Kier alpha value is 0.150. The number of sulfonamides is 1. The third-order valence-electron chi connectivity index (χ3n) is 2.95. The van der Waals surface area contributed by atoms with E-state index < -0.39 is 10.0 Å². The number of rotatable bonds is 2. The molecular formula is C12H14BrCl2NO3S. The van der Waals surface area contributed by atoms with Gasteiger partial charge in [-0.25, -0.2) is 8.42 Å². The standard InChI is InChI=1S/C12H14BrCl2NO3S/c1-7-5-16(6-8(2)19-7)20(17,18)12-10(14)3-9(13)4-11(12)15/h3-4,7-8H,5-6H2,1-2H3/t7-,8+. The first-order valence-corrected chi connectivity index (χ1v) is 9.01. The molecule has 112 valence electrons. The summed E-state index contributed by atoms with van der Waals surface area (Å²) in [5.74, 6) is 0. The molecule has 8 heteroatoms. The van der Waals surface area contributed by atoms with E-state index in [1.165, 1.54) is 16.4 Å². The molecule has 0 N–H and O–H groups in total. The van der Waals surface area contributed by atoms with Crippen LogP contribution in [-0.2, 0) is 14.8 Å². The van der Waals surface area contributed by atoms with Crippen LogP contribution in [0.4, 0.5) is 0 Å². The predicted molar refractivity (Wildman–Crippen MR) is 82.9 cm³/mol. The van der Waals surface area contributed by atoms with E-state index in [9.17, 15) is 8.42 Å². The maximum atomic E-state index is 12.7. The second-order valence-corrected chi connectivity index (χ2v) is 8.38. The highest BCUT2D eigenvalue weighted by atomic mass is 79.9. The van der Waals surface area contributed by atoms with Crippen LogP contribution in [0.3, 0.4) is 0 Å². The fraction of sp³-hybridized carbons (Fsp3) is 0.500. The van der Waals surface area contributed by atoms with Gasteiger partial charge in [0.1, 0.15) is 4.90 Å². The lowest BCUT2D eigenvalue weighted by atomic mass is 10.3. The summed E-state index contributed by atoms with van der Waals surface area (Å²) in [6, 6.07) is 3.04. The first-order chi connectivity index (χ1) is 9.21. The monoisotopic (exact) mass is 401 g/mol. The van der Waals surface area contributed by atoms with Crippen LogP contribution in [0, 0.1) is 0 Å². The van der Waals surface area contributed by atoms with Gasteiger partial charge in [-0.1, -0.05) is 39.1 Å². The summed E-state index contributed by atoms with van der Waals surface area (Å²) in [6.45, 7) is 4.25. The number of ether oxygens (including phenoxy) is 1. The highest BCUT2D eigenvalue weighted by Gasteiger charge is 2.34. The molecule has 1 aromatic rings. The van der Waals surface area contributed by atoms with Crippen molar-refractivity contribution in [2.75, 3.05) is 13.1 Å². The molecule has 0 radical (unpaired) electrons. The lowest BCUT2D eigenvalue weighted by Crippen LogP contribution is -2.48. The van der Waals surface area contributed by atoms with E-state index in [0.717, 1.165) is 0 Å². The van der Waals surface area contributed by atoms with Crippen molar-refractivity contribution >= 4 is 49.2 Å². The zero-order valence-corrected chi connectivity index (χ0v) is 14.9. The third-order valence-corrected chi connectivity index (χ3v) is 6.16. The van der Waals surface area contributed by atoms with E-state index in [0.29, 0.717) is 4.47 Å². The van der Waals surface area contributed by atoms with Crippen LogP contribution in [0.5, 0.6) is 0 Å². The predicted octanol–water partition coefficient (Wildman–Crippen LogP) is 3.55. The minimum absolute atomic E-state index is 0.0506. The molecule has 0 spiro atoms. The molecule has 0 unspecified atom stereocenters. The van der Waals surface area contributed by atoms with Gasteiger partial charge in [0.05, 0.1) is 22.3 Å². The molecule has 20 heavy (non-hydrogen) atoms. The summed E-state index contributed by atoms with van der Waals surface area (Å²) in [5, 5.41) is 0.215. The summed E-state index contributed by atoms with van der Waals surface area (Å²) in [7, 11) is -3.74. The van der Waals surface area contributed by atoms with Gasteiger partial charge in [0.25, 0.3) is 0 Å². The van der Waals surface area contributed by atoms with Crippen molar-refractivity contribution in [2.24, 2.45) is 0 Å². The van der Waals surface area contributed by atoms with Gasteiger partial charge in [-0.15, -0.1) is 0 Å². The first kappa shape index (κ1) is 16.5. The second kappa shape index (κ2) is 6.10. The van der Waals surface area contributed by atoms with E-state index in [4.69, 9.17) is 27.9 Å². The number of morpholine rings is 1. The third kappa shape index (κ3) is 3.31. The Morgan fingerprint density at radius 1 is 1.20 bits per heavy atom. The minimum atomic E-state index is -3.74. The summed E-state index contributed by atoms with van der Waals surface area (Å²) >= 11 is 15.4. The van der Waals surface area contributed by atoms with Gasteiger partial charge in [-0.2, -0.15) is 4.31 Å². The molecule has 1 fully saturated rings. The SMILES string of the molecule is C[C@@H]1CN(S(=O)(=O)c2c(Cl)cc(Br)cc2Cl)C[C@H](C)O1. The molecule has 0 amide bonds. The van der Waals surface area contributed by atoms with Gasteiger partial charge >= 0.3 is 0 Å². The molecule has 1 aliphatic rings. The number of benzene rings is 1. The average molecular weight is 403 g/mol. The molecule has 0 aromatic heterocycles. The van der Waals surface area contributed by atoms with E-state index in [1.54, 1.807) is 0 Å². The molecule has 4 nitrogen and oxygen atoms in total. The van der Waals surface area contributed by atoms with Gasteiger partial charge in [-0.05, 0) is 26.0 Å². The Labute approximate surface area is 137 Å². The van der Waals surface area contributed by atoms with Gasteiger partial charge in [0.2, 0.25) is 10.0 Å². The molecule has 0 saturated carbocycles. The van der Waals surface area contributed by atoms with Gasteiger partial charge in [-0.3, -0.25) is 0 Å². The van der Waals surface area contributed by atoms with Crippen molar-refractivity contribution in [3.8, 4) is 0 Å². The molecule has 2 atom stereocenters. The smallest absolute Gasteiger partial charge is 0.246 e. The Morgan fingerprint density at radius 2 is 1.65 bits per heavy atom. The van der Waals surface area contributed by atoms with Gasteiger partial charge < -0.3 is 4.74 Å². The van der Waals surface area contributed by atoms with E-state index in [2.05, 4.69) is 15.9 Å². The topological polar surface area (TPSA) is 46.6 Å². The zero-order valence-electron chi connectivity index (χ0n) is 10.9. The Morgan fingerprint density at radius 3 is 2.10 bits per heavy atom. The Balaban J connectivity index is 2.45. The Bertz CT molecular complexity index is 590. The summed E-state index contributed by atoms with van der Waals surface area (Å²) < 4.78 is 33.0. The zero-order chi connectivity index (χ0) is 15.1. The van der Waals surface area contributed by atoms with E-state index >= 15 is 0 Å². The van der Waals surface area contributed by atoms with Crippen LogP contribution < -0.4 is 0 Å². The van der Waals surface area contributed by atoms with Crippen molar-refractivity contribution < 1.29 is 13.2 Å². The van der Waals surface area contributed by atoms with Crippen LogP contribution in [0.1, 0.15) is 13.8 Å². The van der Waals surface area contributed by atoms with Crippen LogP contribution in [0.15, 0.2) is 21.5 Å². The molecule has 2 rings (SSSR count). The normalized spacial score (nSPS) is 24.9. The highest BCUT2D eigenvalue weighted by Crippen LogP contribution is 2.35. The maximum Gasteiger partial charge on any atom is 0.246 e. The maximum absolute atomic E-state index is 12.7. The minimum Gasteiger partial charge on any atom is -0.373 e. The number of hydrogen-bond acceptors (Lipinski definition) is 3. The van der Waals surface area contributed by atoms with Crippen LogP contribution >= 0.6 is 39.1 Å². The quantitative estimate of drug-likeness (QED) is 0.759. The van der Waals surface area contributed by atoms with E-state index in [1.807, 2.05) is 13.8 Å². The van der Waals surface area contributed by atoms with Crippen molar-refractivity contribution in [3.63, 3.8) is 0 Å². The highest BCUT2D eigenvalue weighted by molar-refractivity contribution is 9.10. The molecule has 1 aliphatic heterocycles. The fourth-order valence-electron chi connectivity index (χ4n) is 2.23. The summed E-state index contributed by atoms with van der Waals surface area (Å²) in [4.78, 5) is -0.0506. The largest absolute Gasteiger partial charge is 0.373 e.